The molecule has 1 aliphatic heterocycles. The van der Waals surface area contributed by atoms with E-state index in [9.17, 15) is 9.90 Å². The van der Waals surface area contributed by atoms with Gasteiger partial charge in [0.2, 0.25) is 0 Å². The molecule has 1 heterocycles. The number of hydrogen-bond donors (Lipinski definition) is 1. The summed E-state index contributed by atoms with van der Waals surface area (Å²) in [6.07, 6.45) is 0.685. The van der Waals surface area contributed by atoms with E-state index in [1.807, 2.05) is 6.92 Å². The molecule has 0 aromatic rings. The van der Waals surface area contributed by atoms with Crippen molar-refractivity contribution in [1.29, 1.82) is 0 Å². The lowest BCUT2D eigenvalue weighted by atomic mass is 9.82. The van der Waals surface area contributed by atoms with E-state index in [4.69, 9.17) is 4.74 Å². The molecule has 2 atom stereocenters. The highest BCUT2D eigenvalue weighted by molar-refractivity contribution is 5.78. The summed E-state index contributed by atoms with van der Waals surface area (Å²) in [5.74, 6) is -0.258. The Bertz CT molecular complexity index is 167. The van der Waals surface area contributed by atoms with Crippen LogP contribution in [0.4, 0.5) is 0 Å². The lowest BCUT2D eigenvalue weighted by Crippen LogP contribution is -2.35. The third-order valence-corrected chi connectivity index (χ3v) is 2.44. The fraction of sp³-hybridized carbons (Fsp3) is 0.875. The molecule has 1 rings (SSSR count). The second-order valence-corrected chi connectivity index (χ2v) is 3.23. The van der Waals surface area contributed by atoms with Crippen LogP contribution in [0, 0.1) is 5.41 Å². The van der Waals surface area contributed by atoms with Gasteiger partial charge in [-0.05, 0) is 19.8 Å². The minimum atomic E-state index is -0.644. The molecule has 64 valence electrons. The van der Waals surface area contributed by atoms with E-state index in [-0.39, 0.29) is 5.97 Å². The maximum Gasteiger partial charge on any atom is 0.314 e. The SMILES string of the molecule is CC[C@@H](O)[C@@]1(C)CCOC1=O. The molecule has 0 unspecified atom stereocenters. The third kappa shape index (κ3) is 1.25. The van der Waals surface area contributed by atoms with Crippen molar-refractivity contribution in [2.75, 3.05) is 6.61 Å². The van der Waals surface area contributed by atoms with Crippen molar-refractivity contribution in [3.63, 3.8) is 0 Å². The topological polar surface area (TPSA) is 46.5 Å². The van der Waals surface area contributed by atoms with Crippen molar-refractivity contribution in [2.24, 2.45) is 5.41 Å². The van der Waals surface area contributed by atoms with Crippen LogP contribution >= 0.6 is 0 Å². The number of cyclic esters (lactones) is 1. The summed E-state index contributed by atoms with van der Waals surface area (Å²) in [5, 5.41) is 9.49. The summed E-state index contributed by atoms with van der Waals surface area (Å²) in [6.45, 7) is 4.07. The van der Waals surface area contributed by atoms with Crippen LogP contribution in [0.1, 0.15) is 26.7 Å². The number of esters is 1. The van der Waals surface area contributed by atoms with Gasteiger partial charge in [-0.2, -0.15) is 0 Å². The summed E-state index contributed by atoms with van der Waals surface area (Å²) in [5.41, 5.74) is -0.644. The van der Waals surface area contributed by atoms with Crippen LogP contribution in [0.15, 0.2) is 0 Å². The van der Waals surface area contributed by atoms with Gasteiger partial charge in [-0.15, -0.1) is 0 Å². The molecule has 0 radical (unpaired) electrons. The van der Waals surface area contributed by atoms with Gasteiger partial charge in [-0.3, -0.25) is 4.79 Å². The molecule has 0 aromatic heterocycles. The Morgan fingerprint density at radius 2 is 2.45 bits per heavy atom. The number of carbonyl (C=O) groups is 1. The quantitative estimate of drug-likeness (QED) is 0.602. The predicted octanol–water partition coefficient (Wildman–Crippen LogP) is 0.710. The van der Waals surface area contributed by atoms with Gasteiger partial charge in [0.25, 0.3) is 0 Å². The number of aliphatic hydroxyl groups is 1. The predicted molar refractivity (Wildman–Crippen MR) is 40.0 cm³/mol. The first-order chi connectivity index (χ1) is 5.11. The molecule has 0 bridgehead atoms. The van der Waals surface area contributed by atoms with Gasteiger partial charge in [0.05, 0.1) is 18.1 Å². The average Bonchev–Trinajstić information content (AvgIpc) is 2.32. The average molecular weight is 158 g/mol. The van der Waals surface area contributed by atoms with Gasteiger partial charge in [0.15, 0.2) is 0 Å². The zero-order chi connectivity index (χ0) is 8.48. The first-order valence-corrected chi connectivity index (χ1v) is 3.96. The molecular weight excluding hydrogens is 144 g/mol. The molecule has 11 heavy (non-hydrogen) atoms. The van der Waals surface area contributed by atoms with Crippen molar-refractivity contribution < 1.29 is 14.6 Å². The first kappa shape index (κ1) is 8.53. The number of ether oxygens (including phenoxy) is 1. The Morgan fingerprint density at radius 1 is 1.82 bits per heavy atom. The highest BCUT2D eigenvalue weighted by Gasteiger charge is 2.45. The summed E-state index contributed by atoms with van der Waals surface area (Å²) in [4.78, 5) is 11.1. The minimum Gasteiger partial charge on any atom is -0.465 e. The monoisotopic (exact) mass is 158 g/mol. The highest BCUT2D eigenvalue weighted by Crippen LogP contribution is 2.34. The molecule has 3 heteroatoms. The van der Waals surface area contributed by atoms with Crippen LogP contribution in [-0.4, -0.2) is 23.8 Å². The summed E-state index contributed by atoms with van der Waals surface area (Å²) in [7, 11) is 0. The number of aliphatic hydroxyl groups excluding tert-OH is 1. The van der Waals surface area contributed by atoms with Gasteiger partial charge < -0.3 is 9.84 Å². The molecule has 0 aliphatic carbocycles. The van der Waals surface area contributed by atoms with Gasteiger partial charge in [0.1, 0.15) is 0 Å². The van der Waals surface area contributed by atoms with Crippen LogP contribution in [0.2, 0.25) is 0 Å². The fourth-order valence-electron chi connectivity index (χ4n) is 1.38. The highest BCUT2D eigenvalue weighted by atomic mass is 16.5. The van der Waals surface area contributed by atoms with E-state index in [0.29, 0.717) is 19.4 Å². The van der Waals surface area contributed by atoms with Crippen LogP contribution in [-0.2, 0) is 9.53 Å². The molecule has 1 saturated heterocycles. The maximum absolute atomic E-state index is 11.1. The lowest BCUT2D eigenvalue weighted by molar-refractivity contribution is -0.150. The summed E-state index contributed by atoms with van der Waals surface area (Å²) >= 11 is 0. The second kappa shape index (κ2) is 2.81. The van der Waals surface area contributed by atoms with E-state index in [1.54, 1.807) is 6.92 Å². The maximum atomic E-state index is 11.1. The molecule has 1 fully saturated rings. The first-order valence-electron chi connectivity index (χ1n) is 3.96. The summed E-state index contributed by atoms with van der Waals surface area (Å²) < 4.78 is 4.79. The van der Waals surface area contributed by atoms with Crippen LogP contribution in [0.5, 0.6) is 0 Å². The van der Waals surface area contributed by atoms with Crippen molar-refractivity contribution in [3.8, 4) is 0 Å². The third-order valence-electron chi connectivity index (χ3n) is 2.44. The van der Waals surface area contributed by atoms with Crippen molar-refractivity contribution in [3.05, 3.63) is 0 Å². The van der Waals surface area contributed by atoms with E-state index in [2.05, 4.69) is 0 Å². The molecule has 3 nitrogen and oxygen atoms in total. The molecule has 1 aliphatic rings. The zero-order valence-electron chi connectivity index (χ0n) is 6.96. The largest absolute Gasteiger partial charge is 0.465 e. The van der Waals surface area contributed by atoms with Gasteiger partial charge in [-0.25, -0.2) is 0 Å². The Morgan fingerprint density at radius 3 is 2.82 bits per heavy atom. The van der Waals surface area contributed by atoms with E-state index < -0.39 is 11.5 Å². The molecular formula is C8H14O3. The zero-order valence-corrected chi connectivity index (χ0v) is 6.96. The normalized spacial score (nSPS) is 33.5. The number of hydrogen-bond acceptors (Lipinski definition) is 3. The Balaban J connectivity index is 2.72. The van der Waals surface area contributed by atoms with Gasteiger partial charge in [0, 0.05) is 0 Å². The minimum absolute atomic E-state index is 0.258. The Labute approximate surface area is 66.4 Å². The fourth-order valence-corrected chi connectivity index (χ4v) is 1.38. The molecule has 0 saturated carbocycles. The summed E-state index contributed by atoms with van der Waals surface area (Å²) in [6, 6.07) is 0. The van der Waals surface area contributed by atoms with Crippen molar-refractivity contribution in [1.82, 2.24) is 0 Å². The lowest BCUT2D eigenvalue weighted by Gasteiger charge is -2.24. The second-order valence-electron chi connectivity index (χ2n) is 3.23. The smallest absolute Gasteiger partial charge is 0.314 e. The van der Waals surface area contributed by atoms with Gasteiger partial charge >= 0.3 is 5.97 Å². The van der Waals surface area contributed by atoms with E-state index in [0.717, 1.165) is 0 Å². The number of rotatable bonds is 2. The standard InChI is InChI=1S/C8H14O3/c1-3-6(9)8(2)4-5-11-7(8)10/h6,9H,3-5H2,1-2H3/t6-,8-/m1/s1. The van der Waals surface area contributed by atoms with Crippen LogP contribution in [0.3, 0.4) is 0 Å². The van der Waals surface area contributed by atoms with E-state index in [1.165, 1.54) is 0 Å². The molecule has 0 spiro atoms. The Kier molecular flexibility index (Phi) is 2.18. The molecule has 1 N–H and O–H groups in total. The van der Waals surface area contributed by atoms with Crippen molar-refractivity contribution >= 4 is 5.97 Å². The Hall–Kier alpha value is -0.570. The van der Waals surface area contributed by atoms with Crippen LogP contribution in [0.25, 0.3) is 0 Å². The van der Waals surface area contributed by atoms with Crippen molar-refractivity contribution in [2.45, 2.75) is 32.8 Å². The van der Waals surface area contributed by atoms with Gasteiger partial charge in [-0.1, -0.05) is 6.92 Å². The molecule has 0 aromatic carbocycles. The van der Waals surface area contributed by atoms with E-state index >= 15 is 0 Å². The molecule has 0 amide bonds. The number of carbonyl (C=O) groups excluding carboxylic acids is 1. The van der Waals surface area contributed by atoms with Crippen LogP contribution < -0.4 is 0 Å².